The molecule has 1 aromatic rings. The summed E-state index contributed by atoms with van der Waals surface area (Å²) in [7, 11) is -1.02. The second kappa shape index (κ2) is 4.81. The summed E-state index contributed by atoms with van der Waals surface area (Å²) in [4.78, 5) is 8.28. The van der Waals surface area contributed by atoms with Crippen molar-refractivity contribution in [3.63, 3.8) is 0 Å². The molecule has 1 N–H and O–H groups in total. The van der Waals surface area contributed by atoms with Crippen LogP contribution in [0.25, 0.3) is 0 Å². The summed E-state index contributed by atoms with van der Waals surface area (Å²) in [5.74, 6) is 0. The molecule has 0 saturated carbocycles. The number of piperidine rings is 1. The van der Waals surface area contributed by atoms with Crippen molar-refractivity contribution in [2.24, 2.45) is 0 Å². The molecular formula is C10H15N3OS. The third-order valence-corrected chi connectivity index (χ3v) is 4.37. The van der Waals surface area contributed by atoms with Crippen LogP contribution in [-0.2, 0) is 10.8 Å². The van der Waals surface area contributed by atoms with Crippen molar-refractivity contribution in [1.29, 1.82) is 0 Å². The van der Waals surface area contributed by atoms with Gasteiger partial charge in [-0.2, -0.15) is 0 Å². The minimum atomic E-state index is -1.02. The number of hydrogen-bond acceptors (Lipinski definition) is 4. The van der Waals surface area contributed by atoms with Gasteiger partial charge >= 0.3 is 0 Å². The topological polar surface area (TPSA) is 54.9 Å². The highest BCUT2D eigenvalue weighted by Crippen LogP contribution is 2.16. The fraction of sp³-hybridized carbons (Fsp3) is 0.600. The van der Waals surface area contributed by atoms with E-state index in [0.717, 1.165) is 31.6 Å². The molecule has 0 bridgehead atoms. The summed E-state index contributed by atoms with van der Waals surface area (Å²) in [6, 6.07) is 0. The van der Waals surface area contributed by atoms with Crippen molar-refractivity contribution >= 4 is 10.8 Å². The molecule has 1 aliphatic rings. The largest absolute Gasteiger partial charge is 0.316 e. The van der Waals surface area contributed by atoms with Gasteiger partial charge in [0.05, 0.1) is 21.7 Å². The fourth-order valence-corrected chi connectivity index (χ4v) is 3.23. The maximum atomic E-state index is 12.2. The van der Waals surface area contributed by atoms with Gasteiger partial charge in [-0.25, -0.2) is 4.98 Å². The molecule has 4 nitrogen and oxygen atoms in total. The Morgan fingerprint density at radius 1 is 1.47 bits per heavy atom. The molecule has 0 aliphatic carbocycles. The van der Waals surface area contributed by atoms with Crippen LogP contribution in [0.15, 0.2) is 17.4 Å². The Morgan fingerprint density at radius 2 is 2.27 bits per heavy atom. The Balaban J connectivity index is 2.16. The molecule has 1 aliphatic heterocycles. The highest BCUT2D eigenvalue weighted by molar-refractivity contribution is 7.85. The normalized spacial score (nSPS) is 23.7. The van der Waals surface area contributed by atoms with Crippen LogP contribution < -0.4 is 5.32 Å². The van der Waals surface area contributed by atoms with E-state index in [0.29, 0.717) is 5.03 Å². The Kier molecular flexibility index (Phi) is 3.43. The molecule has 1 aromatic heterocycles. The van der Waals surface area contributed by atoms with Crippen molar-refractivity contribution in [2.45, 2.75) is 30.0 Å². The van der Waals surface area contributed by atoms with Gasteiger partial charge in [0.1, 0.15) is 5.03 Å². The lowest BCUT2D eigenvalue weighted by Gasteiger charge is -2.21. The molecule has 2 unspecified atom stereocenters. The maximum absolute atomic E-state index is 12.2. The van der Waals surface area contributed by atoms with Crippen LogP contribution in [0.1, 0.15) is 18.5 Å². The molecule has 5 heteroatoms. The molecule has 0 radical (unpaired) electrons. The molecule has 1 saturated heterocycles. The zero-order valence-corrected chi connectivity index (χ0v) is 9.59. The third-order valence-electron chi connectivity index (χ3n) is 2.58. The fourth-order valence-electron chi connectivity index (χ4n) is 1.75. The van der Waals surface area contributed by atoms with Crippen molar-refractivity contribution in [2.75, 3.05) is 13.1 Å². The minimum absolute atomic E-state index is 0.189. The molecule has 0 spiro atoms. The Bertz CT molecular complexity index is 363. The van der Waals surface area contributed by atoms with E-state index >= 15 is 0 Å². The molecule has 0 aromatic carbocycles. The van der Waals surface area contributed by atoms with E-state index in [1.54, 1.807) is 12.4 Å². The number of aryl methyl sites for hydroxylation is 1. The van der Waals surface area contributed by atoms with Crippen LogP contribution in [0.3, 0.4) is 0 Å². The molecule has 15 heavy (non-hydrogen) atoms. The first-order valence-electron chi connectivity index (χ1n) is 5.18. The number of nitrogens with zero attached hydrogens (tertiary/aromatic N) is 2. The van der Waals surface area contributed by atoms with Crippen LogP contribution in [0.4, 0.5) is 0 Å². The Labute approximate surface area is 92.0 Å². The van der Waals surface area contributed by atoms with E-state index < -0.39 is 10.8 Å². The average molecular weight is 225 g/mol. The molecule has 82 valence electrons. The monoisotopic (exact) mass is 225 g/mol. The average Bonchev–Trinajstić information content (AvgIpc) is 2.30. The molecular weight excluding hydrogens is 210 g/mol. The lowest BCUT2D eigenvalue weighted by Crippen LogP contribution is -2.36. The third kappa shape index (κ3) is 2.41. The van der Waals surface area contributed by atoms with Gasteiger partial charge in [0, 0.05) is 18.9 Å². The van der Waals surface area contributed by atoms with Gasteiger partial charge in [0.2, 0.25) is 0 Å². The van der Waals surface area contributed by atoms with Crippen LogP contribution in [0, 0.1) is 6.92 Å². The zero-order valence-electron chi connectivity index (χ0n) is 8.77. The Hall–Kier alpha value is -0.810. The smallest absolute Gasteiger partial charge is 0.148 e. The van der Waals surface area contributed by atoms with Crippen LogP contribution >= 0.6 is 0 Å². The second-order valence-electron chi connectivity index (χ2n) is 3.71. The lowest BCUT2D eigenvalue weighted by atomic mass is 10.2. The van der Waals surface area contributed by atoms with Crippen LogP contribution in [0.2, 0.25) is 0 Å². The minimum Gasteiger partial charge on any atom is -0.316 e. The maximum Gasteiger partial charge on any atom is 0.148 e. The number of rotatable bonds is 2. The van der Waals surface area contributed by atoms with Crippen LogP contribution in [0.5, 0.6) is 0 Å². The number of aromatic nitrogens is 2. The first kappa shape index (κ1) is 10.7. The van der Waals surface area contributed by atoms with Gasteiger partial charge in [-0.15, -0.1) is 0 Å². The van der Waals surface area contributed by atoms with Crippen LogP contribution in [-0.4, -0.2) is 32.5 Å². The number of nitrogens with one attached hydrogen (secondary N) is 1. The van der Waals surface area contributed by atoms with E-state index in [-0.39, 0.29) is 5.25 Å². The molecule has 2 atom stereocenters. The summed E-state index contributed by atoms with van der Waals surface area (Å²) < 4.78 is 12.2. The number of hydrogen-bond donors (Lipinski definition) is 1. The first-order valence-corrected chi connectivity index (χ1v) is 6.39. The molecule has 0 amide bonds. The molecule has 2 heterocycles. The van der Waals surface area contributed by atoms with Crippen molar-refractivity contribution < 1.29 is 4.21 Å². The Morgan fingerprint density at radius 3 is 2.93 bits per heavy atom. The first-order chi connectivity index (χ1) is 7.29. The van der Waals surface area contributed by atoms with E-state index in [1.807, 2.05) is 6.92 Å². The lowest BCUT2D eigenvalue weighted by molar-refractivity contribution is 0.518. The summed E-state index contributed by atoms with van der Waals surface area (Å²) >= 11 is 0. The quantitative estimate of drug-likeness (QED) is 0.802. The second-order valence-corrected chi connectivity index (χ2v) is 5.36. The molecule has 1 fully saturated rings. The van der Waals surface area contributed by atoms with Crippen molar-refractivity contribution in [3.05, 3.63) is 18.1 Å². The highest BCUT2D eigenvalue weighted by atomic mass is 32.2. The van der Waals surface area contributed by atoms with E-state index in [1.165, 1.54) is 0 Å². The van der Waals surface area contributed by atoms with Gasteiger partial charge in [-0.3, -0.25) is 9.19 Å². The summed E-state index contributed by atoms with van der Waals surface area (Å²) in [5.41, 5.74) is 0.779. The molecule has 2 rings (SSSR count). The van der Waals surface area contributed by atoms with Crippen molar-refractivity contribution in [1.82, 2.24) is 15.3 Å². The van der Waals surface area contributed by atoms with E-state index in [4.69, 9.17) is 0 Å². The standard InChI is InChI=1S/C10H15N3OS/c1-8-10(13-6-5-12-8)15(14)9-3-2-4-11-7-9/h5-6,9,11H,2-4,7H2,1H3. The summed E-state index contributed by atoms with van der Waals surface area (Å²) in [6.07, 6.45) is 5.34. The summed E-state index contributed by atoms with van der Waals surface area (Å²) in [5, 5.41) is 4.10. The SMILES string of the molecule is Cc1nccnc1S(=O)C1CCCNC1. The predicted molar refractivity (Wildman–Crippen MR) is 59.1 cm³/mol. The van der Waals surface area contributed by atoms with E-state index in [2.05, 4.69) is 15.3 Å². The van der Waals surface area contributed by atoms with Gasteiger partial charge in [-0.1, -0.05) is 0 Å². The highest BCUT2D eigenvalue weighted by Gasteiger charge is 2.23. The van der Waals surface area contributed by atoms with Crippen molar-refractivity contribution in [3.8, 4) is 0 Å². The van der Waals surface area contributed by atoms with Gasteiger partial charge in [0.15, 0.2) is 0 Å². The predicted octanol–water partition coefficient (Wildman–Crippen LogP) is 0.645. The van der Waals surface area contributed by atoms with Gasteiger partial charge in [-0.05, 0) is 26.3 Å². The van der Waals surface area contributed by atoms with E-state index in [9.17, 15) is 4.21 Å². The van der Waals surface area contributed by atoms with Gasteiger partial charge in [0.25, 0.3) is 0 Å². The van der Waals surface area contributed by atoms with Gasteiger partial charge < -0.3 is 5.32 Å². The summed E-state index contributed by atoms with van der Waals surface area (Å²) in [6.45, 7) is 3.71. The zero-order chi connectivity index (χ0) is 10.7.